The Morgan fingerprint density at radius 1 is 0.972 bits per heavy atom. The van der Waals surface area contributed by atoms with Gasteiger partial charge in [-0.25, -0.2) is 9.78 Å². The van der Waals surface area contributed by atoms with Gasteiger partial charge in [-0.1, -0.05) is 18.2 Å². The van der Waals surface area contributed by atoms with Crippen molar-refractivity contribution >= 4 is 28.3 Å². The fourth-order valence-electron chi connectivity index (χ4n) is 3.31. The van der Waals surface area contributed by atoms with Crippen LogP contribution in [0, 0.1) is 0 Å². The molecule has 0 aliphatic rings. The van der Waals surface area contributed by atoms with E-state index in [0.717, 1.165) is 12.1 Å². The first-order valence-corrected chi connectivity index (χ1v) is 10.6. The molecule has 0 radical (unpaired) electrons. The summed E-state index contributed by atoms with van der Waals surface area (Å²) in [6.45, 7) is 1.85. The minimum atomic E-state index is -4.84. The molecular formula is C25H18F3N3O5. The third-order valence-corrected chi connectivity index (χ3v) is 4.73. The van der Waals surface area contributed by atoms with E-state index in [-0.39, 0.29) is 24.0 Å². The predicted molar refractivity (Wildman–Crippen MR) is 123 cm³/mol. The second-order valence-corrected chi connectivity index (χ2v) is 7.26. The van der Waals surface area contributed by atoms with Gasteiger partial charge in [0.05, 0.1) is 6.61 Å². The summed E-state index contributed by atoms with van der Waals surface area (Å²) in [5.74, 6) is -1.26. The second-order valence-electron chi connectivity index (χ2n) is 7.26. The van der Waals surface area contributed by atoms with Crippen LogP contribution in [-0.2, 0) is 4.74 Å². The van der Waals surface area contributed by atoms with Gasteiger partial charge in [0.25, 0.3) is 5.91 Å². The lowest BCUT2D eigenvalue weighted by Crippen LogP contribution is -2.17. The van der Waals surface area contributed by atoms with Crippen molar-refractivity contribution in [2.45, 2.75) is 13.3 Å². The van der Waals surface area contributed by atoms with Crippen LogP contribution in [0.1, 0.15) is 27.9 Å². The number of amides is 1. The topological polar surface area (TPSA) is 99.6 Å². The summed E-state index contributed by atoms with van der Waals surface area (Å²) < 4.78 is 52.0. The summed E-state index contributed by atoms with van der Waals surface area (Å²) in [6, 6.07) is 16.4. The van der Waals surface area contributed by atoms with E-state index in [2.05, 4.69) is 20.0 Å². The number of nitrogens with zero attached hydrogens (tertiary/aromatic N) is 2. The number of halogens is 3. The molecule has 36 heavy (non-hydrogen) atoms. The van der Waals surface area contributed by atoms with Gasteiger partial charge in [-0.2, -0.15) is 4.98 Å². The SMILES string of the molecule is CCOC(=O)c1nccc(Oc2ccc3c(C(=O)Nc4cccc(OC(F)(F)F)c4)cccc3c2)n1. The van der Waals surface area contributed by atoms with Gasteiger partial charge in [0, 0.05) is 29.6 Å². The molecule has 184 valence electrons. The number of esters is 1. The Morgan fingerprint density at radius 2 is 1.78 bits per heavy atom. The maximum atomic E-state index is 12.9. The average Bonchev–Trinajstić information content (AvgIpc) is 2.83. The van der Waals surface area contributed by atoms with Crippen molar-refractivity contribution in [2.24, 2.45) is 0 Å². The van der Waals surface area contributed by atoms with Crippen LogP contribution in [0.4, 0.5) is 18.9 Å². The standard InChI is InChI=1S/C25H18F3N3O5/c1-2-34-24(33)22-29-12-11-21(31-22)35-17-9-10-19-15(13-17)5-3-8-20(19)23(32)30-16-6-4-7-18(14-16)36-25(26,27)28/h3-14H,2H2,1H3,(H,30,32). The lowest BCUT2D eigenvalue weighted by Gasteiger charge is -2.12. The van der Waals surface area contributed by atoms with Gasteiger partial charge in [0.1, 0.15) is 11.5 Å². The number of carbonyl (C=O) groups excluding carboxylic acids is 2. The Balaban J connectivity index is 1.54. The van der Waals surface area contributed by atoms with Crippen molar-refractivity contribution in [1.82, 2.24) is 9.97 Å². The third-order valence-electron chi connectivity index (χ3n) is 4.73. The van der Waals surface area contributed by atoms with Gasteiger partial charge in [-0.05, 0) is 54.1 Å². The Morgan fingerprint density at radius 3 is 2.56 bits per heavy atom. The molecule has 0 saturated carbocycles. The molecule has 11 heteroatoms. The molecule has 0 aliphatic carbocycles. The van der Waals surface area contributed by atoms with Crippen molar-refractivity contribution in [3.63, 3.8) is 0 Å². The fraction of sp³-hybridized carbons (Fsp3) is 0.120. The van der Waals surface area contributed by atoms with E-state index < -0.39 is 24.0 Å². The molecule has 1 amide bonds. The molecule has 0 unspecified atom stereocenters. The molecule has 0 saturated heterocycles. The van der Waals surface area contributed by atoms with Crippen LogP contribution in [0.5, 0.6) is 17.4 Å². The maximum Gasteiger partial charge on any atom is 0.573 e. The molecular weight excluding hydrogens is 479 g/mol. The predicted octanol–water partition coefficient (Wildman–Crippen LogP) is 5.75. The van der Waals surface area contributed by atoms with Crippen molar-refractivity contribution < 1.29 is 37.0 Å². The van der Waals surface area contributed by atoms with Crippen LogP contribution >= 0.6 is 0 Å². The fourth-order valence-corrected chi connectivity index (χ4v) is 3.31. The van der Waals surface area contributed by atoms with Crippen LogP contribution in [-0.4, -0.2) is 34.8 Å². The van der Waals surface area contributed by atoms with E-state index in [1.54, 1.807) is 43.3 Å². The molecule has 3 aromatic carbocycles. The summed E-state index contributed by atoms with van der Waals surface area (Å²) in [7, 11) is 0. The van der Waals surface area contributed by atoms with Crippen LogP contribution in [0.25, 0.3) is 10.8 Å². The van der Waals surface area contributed by atoms with E-state index in [1.807, 2.05) is 0 Å². The van der Waals surface area contributed by atoms with Gasteiger partial charge in [-0.15, -0.1) is 13.2 Å². The Labute approximate surface area is 202 Å². The van der Waals surface area contributed by atoms with E-state index in [9.17, 15) is 22.8 Å². The number of anilines is 1. The Bertz CT molecular complexity index is 1430. The van der Waals surface area contributed by atoms with Crippen molar-refractivity contribution in [3.05, 3.63) is 84.3 Å². The van der Waals surface area contributed by atoms with Gasteiger partial charge in [0.15, 0.2) is 0 Å². The molecule has 0 atom stereocenters. The molecule has 4 rings (SSSR count). The maximum absolute atomic E-state index is 12.9. The molecule has 0 spiro atoms. The van der Waals surface area contributed by atoms with Crippen LogP contribution in [0.2, 0.25) is 0 Å². The molecule has 0 aliphatic heterocycles. The lowest BCUT2D eigenvalue weighted by molar-refractivity contribution is -0.274. The smallest absolute Gasteiger partial charge is 0.460 e. The van der Waals surface area contributed by atoms with E-state index >= 15 is 0 Å². The van der Waals surface area contributed by atoms with Crippen molar-refractivity contribution in [2.75, 3.05) is 11.9 Å². The van der Waals surface area contributed by atoms with Crippen molar-refractivity contribution in [3.8, 4) is 17.4 Å². The summed E-state index contributed by atoms with van der Waals surface area (Å²) in [5, 5.41) is 3.82. The first-order valence-electron chi connectivity index (χ1n) is 10.6. The monoisotopic (exact) mass is 497 g/mol. The highest BCUT2D eigenvalue weighted by molar-refractivity contribution is 6.13. The van der Waals surface area contributed by atoms with Gasteiger partial charge in [0.2, 0.25) is 11.7 Å². The summed E-state index contributed by atoms with van der Waals surface area (Å²) in [6.07, 6.45) is -3.48. The van der Waals surface area contributed by atoms with E-state index in [1.165, 1.54) is 24.4 Å². The third kappa shape index (κ3) is 6.06. The molecule has 0 fully saturated rings. The highest BCUT2D eigenvalue weighted by Crippen LogP contribution is 2.29. The Kier molecular flexibility index (Phi) is 7.00. The highest BCUT2D eigenvalue weighted by Gasteiger charge is 2.31. The second kappa shape index (κ2) is 10.3. The van der Waals surface area contributed by atoms with E-state index in [0.29, 0.717) is 22.1 Å². The summed E-state index contributed by atoms with van der Waals surface area (Å²) in [4.78, 5) is 32.6. The minimum absolute atomic E-state index is 0.127. The number of rotatable bonds is 7. The summed E-state index contributed by atoms with van der Waals surface area (Å²) >= 11 is 0. The number of hydrogen-bond donors (Lipinski definition) is 1. The zero-order chi connectivity index (χ0) is 25.7. The van der Waals surface area contributed by atoms with Gasteiger partial charge in [-0.3, -0.25) is 4.79 Å². The molecule has 4 aromatic rings. The first kappa shape index (κ1) is 24.5. The van der Waals surface area contributed by atoms with Crippen molar-refractivity contribution in [1.29, 1.82) is 0 Å². The summed E-state index contributed by atoms with van der Waals surface area (Å²) in [5.41, 5.74) is 0.438. The zero-order valence-electron chi connectivity index (χ0n) is 18.7. The zero-order valence-corrected chi connectivity index (χ0v) is 18.7. The minimum Gasteiger partial charge on any atom is -0.460 e. The quantitative estimate of drug-likeness (QED) is 0.325. The number of alkyl halides is 3. The Hall–Kier alpha value is -4.67. The van der Waals surface area contributed by atoms with Gasteiger partial charge >= 0.3 is 12.3 Å². The average molecular weight is 497 g/mol. The van der Waals surface area contributed by atoms with Gasteiger partial charge < -0.3 is 19.5 Å². The number of carbonyl (C=O) groups is 2. The highest BCUT2D eigenvalue weighted by atomic mass is 19.4. The number of fused-ring (bicyclic) bond motifs is 1. The normalized spacial score (nSPS) is 11.1. The molecule has 1 heterocycles. The molecule has 1 N–H and O–H groups in total. The number of hydrogen-bond acceptors (Lipinski definition) is 7. The number of benzene rings is 3. The molecule has 8 nitrogen and oxygen atoms in total. The first-order chi connectivity index (χ1) is 17.2. The largest absolute Gasteiger partial charge is 0.573 e. The molecule has 0 bridgehead atoms. The molecule has 1 aromatic heterocycles. The number of nitrogens with one attached hydrogen (secondary N) is 1. The lowest BCUT2D eigenvalue weighted by atomic mass is 10.0. The number of ether oxygens (including phenoxy) is 3. The van der Waals surface area contributed by atoms with E-state index in [4.69, 9.17) is 9.47 Å². The number of aromatic nitrogens is 2. The van der Waals surface area contributed by atoms with Crippen LogP contribution in [0.15, 0.2) is 72.9 Å². The van der Waals surface area contributed by atoms with Crippen LogP contribution < -0.4 is 14.8 Å². The van der Waals surface area contributed by atoms with Crippen LogP contribution in [0.3, 0.4) is 0 Å².